The van der Waals surface area contributed by atoms with E-state index in [2.05, 4.69) is 0 Å². The molecule has 2 amide bonds. The SMILES string of the molecule is Cc1ccc(CON(C=[N+](C)C)C(N)=O)cc1. The first-order chi connectivity index (χ1) is 7.99. The van der Waals surface area contributed by atoms with Crippen LogP contribution < -0.4 is 5.73 Å². The van der Waals surface area contributed by atoms with Crippen molar-refractivity contribution in [2.75, 3.05) is 14.1 Å². The summed E-state index contributed by atoms with van der Waals surface area (Å²) in [7, 11) is 3.57. The van der Waals surface area contributed by atoms with E-state index in [1.807, 2.05) is 31.2 Å². The highest BCUT2D eigenvalue weighted by atomic mass is 16.7. The Labute approximate surface area is 101 Å². The minimum Gasteiger partial charge on any atom is -0.329 e. The number of hydrogen-bond acceptors (Lipinski definition) is 2. The van der Waals surface area contributed by atoms with Crippen LogP contribution >= 0.6 is 0 Å². The highest BCUT2D eigenvalue weighted by molar-refractivity contribution is 5.81. The molecule has 0 radical (unpaired) electrons. The second kappa shape index (κ2) is 6.00. The number of amides is 2. The molecule has 0 aliphatic heterocycles. The van der Waals surface area contributed by atoms with Crippen molar-refractivity contribution in [2.45, 2.75) is 13.5 Å². The summed E-state index contributed by atoms with van der Waals surface area (Å²) in [5.41, 5.74) is 7.34. The summed E-state index contributed by atoms with van der Waals surface area (Å²) in [6.45, 7) is 2.31. The minimum absolute atomic E-state index is 0.299. The summed E-state index contributed by atoms with van der Waals surface area (Å²) >= 11 is 0. The maximum atomic E-state index is 11.1. The molecule has 17 heavy (non-hydrogen) atoms. The highest BCUT2D eigenvalue weighted by Gasteiger charge is 2.16. The largest absolute Gasteiger partial charge is 0.436 e. The maximum absolute atomic E-state index is 11.1. The number of urea groups is 1. The van der Waals surface area contributed by atoms with Gasteiger partial charge in [0.1, 0.15) is 6.61 Å². The van der Waals surface area contributed by atoms with Crippen molar-refractivity contribution in [1.82, 2.24) is 5.06 Å². The number of benzene rings is 1. The molecule has 1 aromatic rings. The number of hydrogen-bond donors (Lipinski definition) is 1. The number of aryl methyl sites for hydroxylation is 1. The first kappa shape index (κ1) is 13.2. The van der Waals surface area contributed by atoms with Crippen LogP contribution in [0.25, 0.3) is 0 Å². The monoisotopic (exact) mass is 236 g/mol. The van der Waals surface area contributed by atoms with Crippen molar-refractivity contribution in [3.05, 3.63) is 35.4 Å². The molecule has 0 saturated heterocycles. The molecular formula is C12H18N3O2+. The Bertz CT molecular complexity index is 408. The lowest BCUT2D eigenvalue weighted by Gasteiger charge is -2.07. The van der Waals surface area contributed by atoms with Crippen LogP contribution in [-0.2, 0) is 11.4 Å². The van der Waals surface area contributed by atoms with Gasteiger partial charge in [-0.25, -0.2) is 4.79 Å². The Balaban J connectivity index is 2.61. The second-order valence-corrected chi connectivity index (χ2v) is 4.00. The lowest BCUT2D eigenvalue weighted by Crippen LogP contribution is -2.36. The van der Waals surface area contributed by atoms with Gasteiger partial charge in [0.15, 0.2) is 0 Å². The molecular weight excluding hydrogens is 218 g/mol. The van der Waals surface area contributed by atoms with Gasteiger partial charge in [-0.05, 0) is 17.6 Å². The van der Waals surface area contributed by atoms with Crippen molar-refractivity contribution in [3.63, 3.8) is 0 Å². The van der Waals surface area contributed by atoms with Crippen LogP contribution in [0.4, 0.5) is 4.79 Å². The average molecular weight is 236 g/mol. The Hall–Kier alpha value is -1.88. The maximum Gasteiger partial charge on any atom is 0.436 e. The van der Waals surface area contributed by atoms with E-state index in [-0.39, 0.29) is 0 Å². The fourth-order valence-electron chi connectivity index (χ4n) is 1.19. The first-order valence-corrected chi connectivity index (χ1v) is 5.27. The Kier molecular flexibility index (Phi) is 4.66. The van der Waals surface area contributed by atoms with Crippen LogP contribution in [0.15, 0.2) is 24.3 Å². The number of carbonyl (C=O) groups is 1. The Morgan fingerprint density at radius 1 is 1.41 bits per heavy atom. The van der Waals surface area contributed by atoms with Crippen LogP contribution in [0.3, 0.4) is 0 Å². The van der Waals surface area contributed by atoms with Crippen molar-refractivity contribution in [1.29, 1.82) is 0 Å². The Morgan fingerprint density at radius 3 is 2.47 bits per heavy atom. The molecule has 92 valence electrons. The molecule has 0 spiro atoms. The molecule has 2 N–H and O–H groups in total. The molecule has 5 heteroatoms. The van der Waals surface area contributed by atoms with Gasteiger partial charge in [0.2, 0.25) is 0 Å². The van der Waals surface area contributed by atoms with Gasteiger partial charge in [-0.2, -0.15) is 4.84 Å². The zero-order valence-corrected chi connectivity index (χ0v) is 10.4. The minimum atomic E-state index is -0.647. The van der Waals surface area contributed by atoms with E-state index in [1.165, 1.54) is 11.9 Å². The molecule has 0 aliphatic rings. The molecule has 5 nitrogen and oxygen atoms in total. The quantitative estimate of drug-likeness (QED) is 0.368. The predicted molar refractivity (Wildman–Crippen MR) is 65.6 cm³/mol. The fourth-order valence-corrected chi connectivity index (χ4v) is 1.19. The van der Waals surface area contributed by atoms with Gasteiger partial charge in [-0.3, -0.25) is 4.58 Å². The van der Waals surface area contributed by atoms with Crippen LogP contribution in [0, 0.1) is 6.92 Å². The molecule has 0 atom stereocenters. The lowest BCUT2D eigenvalue weighted by molar-refractivity contribution is -0.467. The van der Waals surface area contributed by atoms with Gasteiger partial charge in [0.05, 0.1) is 14.1 Å². The average Bonchev–Trinajstić information content (AvgIpc) is 2.25. The van der Waals surface area contributed by atoms with E-state index >= 15 is 0 Å². The molecule has 0 unspecified atom stereocenters. The smallest absolute Gasteiger partial charge is 0.329 e. The van der Waals surface area contributed by atoms with E-state index < -0.39 is 6.03 Å². The van der Waals surface area contributed by atoms with Crippen LogP contribution in [0.2, 0.25) is 0 Å². The van der Waals surface area contributed by atoms with E-state index in [1.54, 1.807) is 18.7 Å². The normalized spacial score (nSPS) is 9.82. The van der Waals surface area contributed by atoms with Crippen LogP contribution in [0.5, 0.6) is 0 Å². The van der Waals surface area contributed by atoms with E-state index in [4.69, 9.17) is 10.6 Å². The molecule has 1 aromatic carbocycles. The lowest BCUT2D eigenvalue weighted by atomic mass is 10.2. The standard InChI is InChI=1S/C12H17N3O2/c1-10-4-6-11(7-5-10)8-17-15(12(13)16)9-14(2)3/h4-7,9H,8H2,1-3H3,(H-,13,16)/p+1. The number of nitrogens with zero attached hydrogens (tertiary/aromatic N) is 2. The zero-order valence-electron chi connectivity index (χ0n) is 10.4. The summed E-state index contributed by atoms with van der Waals surface area (Å²) in [6.07, 6.45) is 1.48. The third kappa shape index (κ3) is 4.65. The molecule has 0 bridgehead atoms. The third-order valence-corrected chi connectivity index (χ3v) is 2.04. The van der Waals surface area contributed by atoms with Gasteiger partial charge >= 0.3 is 6.03 Å². The third-order valence-electron chi connectivity index (χ3n) is 2.04. The summed E-state index contributed by atoms with van der Waals surface area (Å²) in [4.78, 5) is 16.4. The second-order valence-electron chi connectivity index (χ2n) is 4.00. The Morgan fingerprint density at radius 2 is 2.00 bits per heavy atom. The number of carbonyl (C=O) groups excluding carboxylic acids is 1. The van der Waals surface area contributed by atoms with Gasteiger partial charge in [0.25, 0.3) is 6.34 Å². The predicted octanol–water partition coefficient (Wildman–Crippen LogP) is 1.11. The molecule has 0 aromatic heterocycles. The molecule has 0 saturated carbocycles. The van der Waals surface area contributed by atoms with Gasteiger partial charge in [-0.15, -0.1) is 0 Å². The number of rotatable bonds is 4. The fraction of sp³-hybridized carbons (Fsp3) is 0.333. The zero-order chi connectivity index (χ0) is 12.8. The highest BCUT2D eigenvalue weighted by Crippen LogP contribution is 2.05. The molecule has 0 heterocycles. The van der Waals surface area contributed by atoms with Gasteiger partial charge in [-0.1, -0.05) is 29.8 Å². The molecule has 1 rings (SSSR count). The van der Waals surface area contributed by atoms with Gasteiger partial charge in [0, 0.05) is 0 Å². The van der Waals surface area contributed by atoms with E-state index in [9.17, 15) is 4.79 Å². The number of primary amides is 1. The van der Waals surface area contributed by atoms with Gasteiger partial charge < -0.3 is 5.73 Å². The van der Waals surface area contributed by atoms with E-state index in [0.717, 1.165) is 10.6 Å². The van der Waals surface area contributed by atoms with E-state index in [0.29, 0.717) is 6.61 Å². The van der Waals surface area contributed by atoms with Crippen molar-refractivity contribution in [2.24, 2.45) is 5.73 Å². The van der Waals surface area contributed by atoms with Crippen molar-refractivity contribution < 1.29 is 14.2 Å². The van der Waals surface area contributed by atoms with Crippen LogP contribution in [-0.4, -0.2) is 36.1 Å². The van der Waals surface area contributed by atoms with Crippen molar-refractivity contribution >= 4 is 12.4 Å². The number of hydroxylamine groups is 2. The summed E-state index contributed by atoms with van der Waals surface area (Å²) in [5, 5.41) is 1.01. The molecule has 0 aliphatic carbocycles. The van der Waals surface area contributed by atoms with Crippen molar-refractivity contribution in [3.8, 4) is 0 Å². The molecule has 0 fully saturated rings. The topological polar surface area (TPSA) is 58.6 Å². The summed E-state index contributed by atoms with van der Waals surface area (Å²) in [5.74, 6) is 0. The number of nitrogens with two attached hydrogens (primary N) is 1. The summed E-state index contributed by atoms with van der Waals surface area (Å²) in [6, 6.07) is 7.23. The van der Waals surface area contributed by atoms with Crippen LogP contribution in [0.1, 0.15) is 11.1 Å². The summed E-state index contributed by atoms with van der Waals surface area (Å²) < 4.78 is 1.68. The first-order valence-electron chi connectivity index (χ1n) is 5.27.